The third kappa shape index (κ3) is 5.38. The molecule has 2 saturated heterocycles. The molecule has 0 atom stereocenters. The Morgan fingerprint density at radius 3 is 2.19 bits per heavy atom. The van der Waals surface area contributed by atoms with E-state index in [4.69, 9.17) is 9.72 Å². The van der Waals surface area contributed by atoms with Crippen molar-refractivity contribution in [1.29, 1.82) is 0 Å². The van der Waals surface area contributed by atoms with E-state index in [0.29, 0.717) is 37.0 Å². The Morgan fingerprint density at radius 1 is 0.833 bits per heavy atom. The Morgan fingerprint density at radius 2 is 1.53 bits per heavy atom. The highest BCUT2D eigenvalue weighted by atomic mass is 32.2. The van der Waals surface area contributed by atoms with Crippen molar-refractivity contribution in [3.63, 3.8) is 0 Å². The summed E-state index contributed by atoms with van der Waals surface area (Å²) in [4.78, 5) is 14.0. The van der Waals surface area contributed by atoms with Crippen molar-refractivity contribution in [1.82, 2.24) is 14.3 Å². The van der Waals surface area contributed by atoms with Crippen LogP contribution in [0.2, 0.25) is 0 Å². The number of morpholine rings is 1. The predicted octanol–water partition coefficient (Wildman–Crippen LogP) is 3.44. The van der Waals surface area contributed by atoms with Crippen LogP contribution >= 0.6 is 0 Å². The minimum Gasteiger partial charge on any atom is -0.378 e. The first kappa shape index (κ1) is 24.7. The molecule has 0 amide bonds. The zero-order valence-electron chi connectivity index (χ0n) is 20.7. The van der Waals surface area contributed by atoms with Crippen LogP contribution in [0, 0.1) is 0 Å². The zero-order valence-corrected chi connectivity index (χ0v) is 21.5. The topological polar surface area (TPSA) is 78.9 Å². The van der Waals surface area contributed by atoms with E-state index in [1.54, 1.807) is 22.6 Å². The van der Waals surface area contributed by atoms with E-state index in [-0.39, 0.29) is 0 Å². The van der Waals surface area contributed by atoms with Crippen LogP contribution in [0.3, 0.4) is 0 Å². The number of aryl methyl sites for hydroxylation is 1. The van der Waals surface area contributed by atoms with Gasteiger partial charge >= 0.3 is 0 Å². The number of sulfonamides is 1. The first-order valence-electron chi connectivity index (χ1n) is 12.6. The Hall–Kier alpha value is -3.01. The van der Waals surface area contributed by atoms with Crippen molar-refractivity contribution >= 4 is 21.7 Å². The van der Waals surface area contributed by atoms with Crippen molar-refractivity contribution in [2.24, 2.45) is 0 Å². The third-order valence-corrected chi connectivity index (χ3v) is 8.72. The summed E-state index contributed by atoms with van der Waals surface area (Å²) < 4.78 is 33.3. The monoisotopic (exact) mass is 507 g/mol. The average molecular weight is 508 g/mol. The fourth-order valence-corrected chi connectivity index (χ4v) is 6.14. The quantitative estimate of drug-likeness (QED) is 0.485. The molecule has 0 spiro atoms. The Bertz CT molecular complexity index is 1250. The summed E-state index contributed by atoms with van der Waals surface area (Å²) in [6, 6.07) is 17.6. The van der Waals surface area contributed by atoms with Gasteiger partial charge in [0, 0.05) is 56.7 Å². The maximum Gasteiger partial charge on any atom is 0.243 e. The molecule has 1 aromatic heterocycles. The van der Waals surface area contributed by atoms with Gasteiger partial charge in [-0.15, -0.1) is 0 Å². The number of aromatic nitrogens is 2. The number of nitrogens with zero attached hydrogens (tertiary/aromatic N) is 5. The van der Waals surface area contributed by atoms with Gasteiger partial charge in [0.05, 0.1) is 23.8 Å². The molecule has 3 aromatic rings. The SMILES string of the molecule is CCCc1ccc(S(=O)(=O)N2CCN(c3nccc(-c4ccc(N5CCOCC5)cc4)n3)CC2)cc1. The summed E-state index contributed by atoms with van der Waals surface area (Å²) in [7, 11) is -3.51. The Balaban J connectivity index is 1.24. The van der Waals surface area contributed by atoms with Crippen molar-refractivity contribution in [3.8, 4) is 11.3 Å². The second kappa shape index (κ2) is 10.9. The number of anilines is 2. The number of hydrogen-bond donors (Lipinski definition) is 0. The summed E-state index contributed by atoms with van der Waals surface area (Å²) in [5, 5.41) is 0. The highest BCUT2D eigenvalue weighted by Crippen LogP contribution is 2.25. The van der Waals surface area contributed by atoms with Gasteiger partial charge in [0.15, 0.2) is 0 Å². The molecule has 0 aliphatic carbocycles. The summed E-state index contributed by atoms with van der Waals surface area (Å²) in [6.45, 7) is 7.35. The number of rotatable bonds is 7. The molecule has 2 fully saturated rings. The summed E-state index contributed by atoms with van der Waals surface area (Å²) in [6.07, 6.45) is 3.77. The van der Waals surface area contributed by atoms with Gasteiger partial charge in [-0.05, 0) is 42.3 Å². The zero-order chi connectivity index (χ0) is 25.0. The lowest BCUT2D eigenvalue weighted by Gasteiger charge is -2.34. The molecule has 36 heavy (non-hydrogen) atoms. The normalized spacial score (nSPS) is 17.4. The molecule has 0 saturated carbocycles. The second-order valence-electron chi connectivity index (χ2n) is 9.17. The van der Waals surface area contributed by atoms with Gasteiger partial charge in [0.2, 0.25) is 16.0 Å². The van der Waals surface area contributed by atoms with Crippen molar-refractivity contribution in [2.75, 3.05) is 62.3 Å². The van der Waals surface area contributed by atoms with Crippen LogP contribution in [0.5, 0.6) is 0 Å². The summed E-state index contributed by atoms with van der Waals surface area (Å²) in [5.41, 5.74) is 4.24. The van der Waals surface area contributed by atoms with Crippen LogP contribution in [0.25, 0.3) is 11.3 Å². The summed E-state index contributed by atoms with van der Waals surface area (Å²) >= 11 is 0. The third-order valence-electron chi connectivity index (χ3n) is 6.80. The van der Waals surface area contributed by atoms with E-state index in [0.717, 1.165) is 56.0 Å². The predicted molar refractivity (Wildman–Crippen MR) is 142 cm³/mol. The van der Waals surface area contributed by atoms with Crippen LogP contribution in [0.1, 0.15) is 18.9 Å². The molecule has 0 bridgehead atoms. The molecule has 2 aliphatic heterocycles. The standard InChI is InChI=1S/C27H33N5O3S/c1-2-3-22-4-10-25(11-5-22)36(33,34)32-16-14-31(15-17-32)27-28-13-12-26(29-27)23-6-8-24(9-7-23)30-18-20-35-21-19-30/h4-13H,2-3,14-21H2,1H3. The van der Waals surface area contributed by atoms with Gasteiger partial charge in [0.1, 0.15) is 0 Å². The second-order valence-corrected chi connectivity index (χ2v) is 11.1. The minimum absolute atomic E-state index is 0.356. The van der Waals surface area contributed by atoms with E-state index in [1.807, 2.05) is 18.2 Å². The molecule has 5 rings (SSSR count). The van der Waals surface area contributed by atoms with Crippen LogP contribution in [-0.2, 0) is 21.2 Å². The lowest BCUT2D eigenvalue weighted by molar-refractivity contribution is 0.122. The van der Waals surface area contributed by atoms with Gasteiger partial charge in [-0.2, -0.15) is 4.31 Å². The molecule has 9 heteroatoms. The number of benzene rings is 2. The summed E-state index contributed by atoms with van der Waals surface area (Å²) in [5.74, 6) is 0.630. The van der Waals surface area contributed by atoms with Gasteiger partial charge < -0.3 is 14.5 Å². The lowest BCUT2D eigenvalue weighted by atomic mass is 10.1. The van der Waals surface area contributed by atoms with Crippen LogP contribution in [-0.4, -0.2) is 75.2 Å². The van der Waals surface area contributed by atoms with Crippen molar-refractivity contribution in [3.05, 3.63) is 66.4 Å². The number of hydrogen-bond acceptors (Lipinski definition) is 7. The van der Waals surface area contributed by atoms with E-state index in [2.05, 4.69) is 46.0 Å². The first-order chi connectivity index (χ1) is 17.5. The van der Waals surface area contributed by atoms with E-state index in [1.165, 1.54) is 5.69 Å². The van der Waals surface area contributed by atoms with E-state index < -0.39 is 10.0 Å². The average Bonchev–Trinajstić information content (AvgIpc) is 2.94. The molecular weight excluding hydrogens is 474 g/mol. The maximum absolute atomic E-state index is 13.1. The Kier molecular flexibility index (Phi) is 7.50. The number of ether oxygens (including phenoxy) is 1. The van der Waals surface area contributed by atoms with Gasteiger partial charge in [-0.3, -0.25) is 0 Å². The maximum atomic E-state index is 13.1. The first-order valence-corrected chi connectivity index (χ1v) is 14.1. The van der Waals surface area contributed by atoms with Crippen LogP contribution < -0.4 is 9.80 Å². The Labute approximate surface area is 213 Å². The number of piperazine rings is 1. The van der Waals surface area contributed by atoms with Crippen molar-refractivity contribution < 1.29 is 13.2 Å². The molecular formula is C27H33N5O3S. The van der Waals surface area contributed by atoms with E-state index in [9.17, 15) is 8.42 Å². The van der Waals surface area contributed by atoms with Gasteiger partial charge in [-0.1, -0.05) is 37.6 Å². The lowest BCUT2D eigenvalue weighted by Crippen LogP contribution is -2.49. The molecule has 2 aromatic carbocycles. The highest BCUT2D eigenvalue weighted by molar-refractivity contribution is 7.89. The molecule has 0 radical (unpaired) electrons. The molecule has 3 heterocycles. The van der Waals surface area contributed by atoms with Gasteiger partial charge in [-0.25, -0.2) is 18.4 Å². The molecule has 0 unspecified atom stereocenters. The molecule has 190 valence electrons. The van der Waals surface area contributed by atoms with Crippen LogP contribution in [0.4, 0.5) is 11.6 Å². The molecule has 2 aliphatic rings. The minimum atomic E-state index is -3.51. The van der Waals surface area contributed by atoms with Gasteiger partial charge in [0.25, 0.3) is 0 Å². The highest BCUT2D eigenvalue weighted by Gasteiger charge is 2.29. The van der Waals surface area contributed by atoms with Crippen molar-refractivity contribution in [2.45, 2.75) is 24.7 Å². The smallest absolute Gasteiger partial charge is 0.243 e. The fraction of sp³-hybridized carbons (Fsp3) is 0.407. The molecule has 0 N–H and O–H groups in total. The fourth-order valence-electron chi connectivity index (χ4n) is 4.72. The largest absolute Gasteiger partial charge is 0.378 e. The van der Waals surface area contributed by atoms with E-state index >= 15 is 0 Å². The molecule has 8 nitrogen and oxygen atoms in total. The van der Waals surface area contributed by atoms with Crippen LogP contribution in [0.15, 0.2) is 65.7 Å².